The monoisotopic (exact) mass is 214 g/mol. The molecule has 0 aliphatic rings. The zero-order valence-electron chi connectivity index (χ0n) is 11.4. The molecule has 0 aromatic carbocycles. The van der Waals surface area contributed by atoms with Crippen LogP contribution in [0.1, 0.15) is 47.0 Å². The summed E-state index contributed by atoms with van der Waals surface area (Å²) in [5, 5.41) is 3.32. The first kappa shape index (κ1) is 14.9. The maximum Gasteiger partial charge on any atom is 0.00474 e. The van der Waals surface area contributed by atoms with E-state index in [1.807, 2.05) is 0 Å². The first-order valence-corrected chi connectivity index (χ1v) is 6.48. The third-order valence-electron chi connectivity index (χ3n) is 3.14. The summed E-state index contributed by atoms with van der Waals surface area (Å²) >= 11 is 0. The van der Waals surface area contributed by atoms with E-state index in [1.165, 1.54) is 38.9 Å². The Kier molecular flexibility index (Phi) is 8.07. The molecule has 0 rings (SSSR count). The van der Waals surface area contributed by atoms with E-state index in [9.17, 15) is 0 Å². The summed E-state index contributed by atoms with van der Waals surface area (Å²) in [6.07, 6.45) is 3.77. The average molecular weight is 214 g/mol. The van der Waals surface area contributed by atoms with Crippen molar-refractivity contribution in [2.45, 2.75) is 47.0 Å². The van der Waals surface area contributed by atoms with E-state index < -0.39 is 0 Å². The number of hydrogen-bond acceptors (Lipinski definition) is 2. The highest BCUT2D eigenvalue weighted by molar-refractivity contribution is 4.79. The molecular weight excluding hydrogens is 184 g/mol. The first-order valence-electron chi connectivity index (χ1n) is 6.48. The van der Waals surface area contributed by atoms with Gasteiger partial charge in [-0.05, 0) is 44.8 Å². The Morgan fingerprint density at radius 1 is 1.07 bits per heavy atom. The lowest BCUT2D eigenvalue weighted by Crippen LogP contribution is -2.41. The van der Waals surface area contributed by atoms with Crippen LogP contribution in [0.15, 0.2) is 0 Å². The fourth-order valence-electron chi connectivity index (χ4n) is 2.16. The SMILES string of the molecule is CCCN(CCC)CC(C)(CC)CNC. The highest BCUT2D eigenvalue weighted by Gasteiger charge is 2.23. The zero-order valence-corrected chi connectivity index (χ0v) is 11.4. The predicted octanol–water partition coefficient (Wildman–Crippen LogP) is 2.74. The van der Waals surface area contributed by atoms with Crippen LogP contribution < -0.4 is 5.32 Å². The summed E-state index contributed by atoms with van der Waals surface area (Å²) in [6, 6.07) is 0. The van der Waals surface area contributed by atoms with Gasteiger partial charge in [-0.25, -0.2) is 0 Å². The number of nitrogens with zero attached hydrogens (tertiary/aromatic N) is 1. The Balaban J connectivity index is 4.19. The van der Waals surface area contributed by atoms with Gasteiger partial charge < -0.3 is 10.2 Å². The smallest absolute Gasteiger partial charge is 0.00474 e. The van der Waals surface area contributed by atoms with Gasteiger partial charge in [-0.1, -0.05) is 27.7 Å². The molecule has 1 N–H and O–H groups in total. The Labute approximate surface area is 96.4 Å². The molecule has 2 heteroatoms. The molecule has 0 radical (unpaired) electrons. The maximum absolute atomic E-state index is 3.32. The molecule has 1 atom stereocenters. The van der Waals surface area contributed by atoms with Crippen molar-refractivity contribution < 1.29 is 0 Å². The Morgan fingerprint density at radius 2 is 1.60 bits per heavy atom. The molecule has 0 bridgehead atoms. The third-order valence-corrected chi connectivity index (χ3v) is 3.14. The van der Waals surface area contributed by atoms with Crippen molar-refractivity contribution in [3.05, 3.63) is 0 Å². The van der Waals surface area contributed by atoms with E-state index in [0.717, 1.165) is 6.54 Å². The van der Waals surface area contributed by atoms with Crippen molar-refractivity contribution in [2.75, 3.05) is 33.2 Å². The van der Waals surface area contributed by atoms with E-state index in [0.29, 0.717) is 5.41 Å². The lowest BCUT2D eigenvalue weighted by atomic mass is 9.86. The molecule has 15 heavy (non-hydrogen) atoms. The van der Waals surface area contributed by atoms with E-state index in [1.54, 1.807) is 0 Å². The van der Waals surface area contributed by atoms with Crippen LogP contribution in [0.4, 0.5) is 0 Å². The molecular formula is C13H30N2. The lowest BCUT2D eigenvalue weighted by Gasteiger charge is -2.34. The average Bonchev–Trinajstić information content (AvgIpc) is 2.19. The number of hydrogen-bond donors (Lipinski definition) is 1. The highest BCUT2D eigenvalue weighted by Crippen LogP contribution is 2.21. The van der Waals surface area contributed by atoms with Crippen molar-refractivity contribution in [1.82, 2.24) is 10.2 Å². The van der Waals surface area contributed by atoms with Crippen LogP contribution in [-0.2, 0) is 0 Å². The molecule has 0 saturated heterocycles. The quantitative estimate of drug-likeness (QED) is 0.635. The van der Waals surface area contributed by atoms with Crippen molar-refractivity contribution in [2.24, 2.45) is 5.41 Å². The van der Waals surface area contributed by atoms with Gasteiger partial charge in [0.25, 0.3) is 0 Å². The van der Waals surface area contributed by atoms with Gasteiger partial charge in [0.1, 0.15) is 0 Å². The van der Waals surface area contributed by atoms with Crippen LogP contribution in [0.2, 0.25) is 0 Å². The summed E-state index contributed by atoms with van der Waals surface area (Å²) in [4.78, 5) is 2.61. The molecule has 1 unspecified atom stereocenters. The predicted molar refractivity (Wildman–Crippen MR) is 69.3 cm³/mol. The molecule has 0 heterocycles. The standard InChI is InChI=1S/C13H30N2/c1-6-9-15(10-7-2)12-13(4,8-3)11-14-5/h14H,6-12H2,1-5H3. The fourth-order valence-corrected chi connectivity index (χ4v) is 2.16. The van der Waals surface area contributed by atoms with Gasteiger partial charge in [-0.3, -0.25) is 0 Å². The van der Waals surface area contributed by atoms with Gasteiger partial charge in [0, 0.05) is 13.1 Å². The van der Waals surface area contributed by atoms with E-state index in [-0.39, 0.29) is 0 Å². The topological polar surface area (TPSA) is 15.3 Å². The molecule has 0 spiro atoms. The molecule has 0 aliphatic heterocycles. The van der Waals surface area contributed by atoms with Gasteiger partial charge in [0.05, 0.1) is 0 Å². The molecule has 92 valence electrons. The molecule has 0 saturated carbocycles. The second kappa shape index (κ2) is 8.12. The van der Waals surface area contributed by atoms with Gasteiger partial charge in [0.15, 0.2) is 0 Å². The minimum atomic E-state index is 0.430. The fraction of sp³-hybridized carbons (Fsp3) is 1.00. The molecule has 0 aromatic heterocycles. The van der Waals surface area contributed by atoms with Crippen LogP contribution in [0, 0.1) is 5.41 Å². The summed E-state index contributed by atoms with van der Waals surface area (Å²) < 4.78 is 0. The second-order valence-electron chi connectivity index (χ2n) is 4.97. The largest absolute Gasteiger partial charge is 0.319 e. The maximum atomic E-state index is 3.32. The molecule has 0 aromatic rings. The van der Waals surface area contributed by atoms with Crippen LogP contribution in [-0.4, -0.2) is 38.1 Å². The Morgan fingerprint density at radius 3 is 1.93 bits per heavy atom. The molecule has 0 fully saturated rings. The van der Waals surface area contributed by atoms with Crippen LogP contribution in [0.3, 0.4) is 0 Å². The number of rotatable bonds is 9. The molecule has 0 aliphatic carbocycles. The summed E-state index contributed by atoms with van der Waals surface area (Å²) in [5.74, 6) is 0. The summed E-state index contributed by atoms with van der Waals surface area (Å²) in [5.41, 5.74) is 0.430. The van der Waals surface area contributed by atoms with Crippen molar-refractivity contribution in [3.63, 3.8) is 0 Å². The summed E-state index contributed by atoms with van der Waals surface area (Å²) in [7, 11) is 2.05. The van der Waals surface area contributed by atoms with Gasteiger partial charge in [0.2, 0.25) is 0 Å². The van der Waals surface area contributed by atoms with Crippen molar-refractivity contribution >= 4 is 0 Å². The minimum absolute atomic E-state index is 0.430. The van der Waals surface area contributed by atoms with Crippen LogP contribution >= 0.6 is 0 Å². The normalized spacial score (nSPS) is 15.6. The molecule has 0 amide bonds. The Bertz CT molecular complexity index is 141. The first-order chi connectivity index (χ1) is 7.11. The van der Waals surface area contributed by atoms with Gasteiger partial charge in [-0.2, -0.15) is 0 Å². The van der Waals surface area contributed by atoms with Gasteiger partial charge in [-0.15, -0.1) is 0 Å². The van der Waals surface area contributed by atoms with Crippen molar-refractivity contribution in [3.8, 4) is 0 Å². The van der Waals surface area contributed by atoms with Crippen LogP contribution in [0.5, 0.6) is 0 Å². The molecule has 2 nitrogen and oxygen atoms in total. The Hall–Kier alpha value is -0.0800. The minimum Gasteiger partial charge on any atom is -0.319 e. The van der Waals surface area contributed by atoms with Crippen molar-refractivity contribution in [1.29, 1.82) is 0 Å². The van der Waals surface area contributed by atoms with Gasteiger partial charge >= 0.3 is 0 Å². The second-order valence-corrected chi connectivity index (χ2v) is 4.97. The summed E-state index contributed by atoms with van der Waals surface area (Å²) in [6.45, 7) is 14.1. The zero-order chi connectivity index (χ0) is 11.7. The van der Waals surface area contributed by atoms with E-state index in [4.69, 9.17) is 0 Å². The van der Waals surface area contributed by atoms with Crippen LogP contribution in [0.25, 0.3) is 0 Å². The highest BCUT2D eigenvalue weighted by atomic mass is 15.1. The van der Waals surface area contributed by atoms with E-state index in [2.05, 4.69) is 45.0 Å². The van der Waals surface area contributed by atoms with E-state index >= 15 is 0 Å². The lowest BCUT2D eigenvalue weighted by molar-refractivity contribution is 0.157. The number of nitrogens with one attached hydrogen (secondary N) is 1. The third kappa shape index (κ3) is 6.16.